The Morgan fingerprint density at radius 2 is 1.71 bits per heavy atom. The van der Waals surface area contributed by atoms with E-state index in [9.17, 15) is 0 Å². The number of aromatic nitrogens is 3. The van der Waals surface area contributed by atoms with Crippen LogP contribution in [-0.2, 0) is 0 Å². The number of hydrogen-bond acceptors (Lipinski definition) is 4. The van der Waals surface area contributed by atoms with Crippen LogP contribution in [-0.4, -0.2) is 15.0 Å². The van der Waals surface area contributed by atoms with Crippen molar-refractivity contribution in [2.24, 2.45) is 0 Å². The van der Waals surface area contributed by atoms with E-state index in [1.807, 2.05) is 43.5 Å². The molecule has 2 aromatic heterocycles. The van der Waals surface area contributed by atoms with E-state index in [4.69, 9.17) is 23.2 Å². The quantitative estimate of drug-likeness (QED) is 0.605. The zero-order chi connectivity index (χ0) is 15.0. The Labute approximate surface area is 136 Å². The summed E-state index contributed by atoms with van der Waals surface area (Å²) in [6, 6.07) is 7.91. The van der Waals surface area contributed by atoms with E-state index in [-0.39, 0.29) is 0 Å². The molecule has 0 unspecified atom stereocenters. The summed E-state index contributed by atoms with van der Waals surface area (Å²) in [6.07, 6.45) is 0. The lowest BCUT2D eigenvalue weighted by Crippen LogP contribution is -1.94. The van der Waals surface area contributed by atoms with Gasteiger partial charge >= 0.3 is 0 Å². The smallest absolute Gasteiger partial charge is 0.191 e. The zero-order valence-electron chi connectivity index (χ0n) is 11.4. The van der Waals surface area contributed by atoms with Crippen LogP contribution >= 0.6 is 34.5 Å². The van der Waals surface area contributed by atoms with Gasteiger partial charge in [-0.05, 0) is 19.4 Å². The van der Waals surface area contributed by atoms with Gasteiger partial charge in [0.25, 0.3) is 0 Å². The Bertz CT molecular complexity index is 791. The fourth-order valence-electron chi connectivity index (χ4n) is 2.00. The van der Waals surface area contributed by atoms with Gasteiger partial charge in [-0.3, -0.25) is 0 Å². The Morgan fingerprint density at radius 3 is 2.29 bits per heavy atom. The average molecular weight is 336 g/mol. The van der Waals surface area contributed by atoms with Crippen LogP contribution in [0.5, 0.6) is 0 Å². The summed E-state index contributed by atoms with van der Waals surface area (Å²) in [5, 5.41) is 3.33. The van der Waals surface area contributed by atoms with Gasteiger partial charge in [0.2, 0.25) is 0 Å². The standard InChI is InChI=1S/C15H11Cl2N3S/c1-8-4-3-5-10(6-8)11-12(16)19-14(20-13(11)17)15-18-9(2)7-21-15/h3-7H,1-2H3. The molecule has 0 bridgehead atoms. The molecule has 0 spiro atoms. The van der Waals surface area contributed by atoms with E-state index in [0.717, 1.165) is 16.8 Å². The highest BCUT2D eigenvalue weighted by atomic mass is 35.5. The number of hydrogen-bond donors (Lipinski definition) is 0. The first-order valence-corrected chi connectivity index (χ1v) is 7.91. The Morgan fingerprint density at radius 1 is 1.00 bits per heavy atom. The number of nitrogens with zero attached hydrogens (tertiary/aromatic N) is 3. The molecule has 6 heteroatoms. The number of halogens is 2. The predicted molar refractivity (Wildman–Crippen MR) is 88.1 cm³/mol. The molecule has 0 aliphatic carbocycles. The molecule has 1 aromatic carbocycles. The lowest BCUT2D eigenvalue weighted by atomic mass is 10.1. The van der Waals surface area contributed by atoms with Crippen LogP contribution in [0, 0.1) is 13.8 Å². The van der Waals surface area contributed by atoms with Crippen molar-refractivity contribution >= 4 is 34.5 Å². The van der Waals surface area contributed by atoms with Gasteiger partial charge in [0, 0.05) is 11.1 Å². The first-order valence-electron chi connectivity index (χ1n) is 6.27. The number of thiazole rings is 1. The summed E-state index contributed by atoms with van der Waals surface area (Å²) >= 11 is 14.1. The maximum Gasteiger partial charge on any atom is 0.191 e. The lowest BCUT2D eigenvalue weighted by Gasteiger charge is -2.08. The van der Waals surface area contributed by atoms with Crippen molar-refractivity contribution in [1.29, 1.82) is 0 Å². The van der Waals surface area contributed by atoms with Crippen LogP contribution in [0.15, 0.2) is 29.6 Å². The maximum atomic E-state index is 6.32. The molecule has 0 aliphatic rings. The van der Waals surface area contributed by atoms with Crippen molar-refractivity contribution in [3.05, 3.63) is 51.2 Å². The normalized spacial score (nSPS) is 10.9. The van der Waals surface area contributed by atoms with Crippen LogP contribution in [0.4, 0.5) is 0 Å². The molecule has 0 atom stereocenters. The Hall–Kier alpha value is -1.49. The Balaban J connectivity index is 2.12. The number of benzene rings is 1. The molecule has 0 aliphatic heterocycles. The minimum absolute atomic E-state index is 0.337. The van der Waals surface area contributed by atoms with Crippen molar-refractivity contribution in [2.45, 2.75) is 13.8 Å². The molecule has 0 radical (unpaired) electrons. The molecule has 106 valence electrons. The second-order valence-electron chi connectivity index (χ2n) is 4.67. The van der Waals surface area contributed by atoms with Crippen LogP contribution in [0.25, 0.3) is 22.0 Å². The first kappa shape index (κ1) is 14.4. The molecule has 0 amide bonds. The molecular weight excluding hydrogens is 325 g/mol. The van der Waals surface area contributed by atoms with Gasteiger partial charge in [0.15, 0.2) is 10.8 Å². The Kier molecular flexibility index (Phi) is 3.93. The van der Waals surface area contributed by atoms with E-state index in [0.29, 0.717) is 26.7 Å². The summed E-state index contributed by atoms with van der Waals surface area (Å²) < 4.78 is 0. The molecule has 3 rings (SSSR count). The second kappa shape index (κ2) is 5.72. The predicted octanol–water partition coefficient (Wildman–Crippen LogP) is 5.19. The van der Waals surface area contributed by atoms with E-state index in [1.165, 1.54) is 11.3 Å². The van der Waals surface area contributed by atoms with Gasteiger partial charge in [-0.2, -0.15) is 0 Å². The van der Waals surface area contributed by atoms with E-state index in [1.54, 1.807) is 0 Å². The van der Waals surface area contributed by atoms with Crippen LogP contribution in [0.3, 0.4) is 0 Å². The molecule has 0 fully saturated rings. The SMILES string of the molecule is Cc1cccc(-c2c(Cl)nc(-c3nc(C)cs3)nc2Cl)c1. The topological polar surface area (TPSA) is 38.7 Å². The lowest BCUT2D eigenvalue weighted by molar-refractivity contribution is 1.15. The molecule has 3 aromatic rings. The van der Waals surface area contributed by atoms with Crippen molar-refractivity contribution in [2.75, 3.05) is 0 Å². The third-order valence-electron chi connectivity index (χ3n) is 2.94. The molecule has 3 nitrogen and oxygen atoms in total. The molecule has 0 saturated carbocycles. The van der Waals surface area contributed by atoms with Gasteiger partial charge in [0.05, 0.1) is 5.56 Å². The summed E-state index contributed by atoms with van der Waals surface area (Å²) in [5.41, 5.74) is 3.61. The van der Waals surface area contributed by atoms with Gasteiger partial charge < -0.3 is 0 Å². The van der Waals surface area contributed by atoms with Gasteiger partial charge in [-0.25, -0.2) is 15.0 Å². The molecule has 2 heterocycles. The van der Waals surface area contributed by atoms with Crippen LogP contribution < -0.4 is 0 Å². The third-order valence-corrected chi connectivity index (χ3v) is 4.44. The summed E-state index contributed by atoms with van der Waals surface area (Å²) in [6.45, 7) is 3.93. The number of aryl methyl sites for hydroxylation is 2. The first-order chi connectivity index (χ1) is 10.0. The van der Waals surface area contributed by atoms with Gasteiger partial charge in [0.1, 0.15) is 10.3 Å². The van der Waals surface area contributed by atoms with Crippen LogP contribution in [0.2, 0.25) is 10.3 Å². The van der Waals surface area contributed by atoms with E-state index < -0.39 is 0 Å². The minimum Gasteiger partial charge on any atom is -0.238 e. The van der Waals surface area contributed by atoms with Crippen molar-refractivity contribution in [3.8, 4) is 22.0 Å². The van der Waals surface area contributed by atoms with Crippen LogP contribution in [0.1, 0.15) is 11.3 Å². The summed E-state index contributed by atoms with van der Waals surface area (Å²) in [7, 11) is 0. The molecule has 0 saturated heterocycles. The fraction of sp³-hybridized carbons (Fsp3) is 0.133. The van der Waals surface area contributed by atoms with E-state index in [2.05, 4.69) is 15.0 Å². The van der Waals surface area contributed by atoms with Crippen molar-refractivity contribution in [3.63, 3.8) is 0 Å². The second-order valence-corrected chi connectivity index (χ2v) is 6.24. The largest absolute Gasteiger partial charge is 0.238 e. The zero-order valence-corrected chi connectivity index (χ0v) is 13.7. The third kappa shape index (κ3) is 2.93. The molecular formula is C15H11Cl2N3S. The summed E-state index contributed by atoms with van der Waals surface area (Å²) in [4.78, 5) is 13.0. The number of rotatable bonds is 2. The highest BCUT2D eigenvalue weighted by molar-refractivity contribution is 7.13. The molecule has 0 N–H and O–H groups in total. The highest BCUT2D eigenvalue weighted by Crippen LogP contribution is 2.35. The van der Waals surface area contributed by atoms with Gasteiger partial charge in [-0.15, -0.1) is 11.3 Å². The van der Waals surface area contributed by atoms with Crippen molar-refractivity contribution in [1.82, 2.24) is 15.0 Å². The maximum absolute atomic E-state index is 6.32. The molecule has 21 heavy (non-hydrogen) atoms. The monoisotopic (exact) mass is 335 g/mol. The van der Waals surface area contributed by atoms with E-state index >= 15 is 0 Å². The minimum atomic E-state index is 0.337. The fourth-order valence-corrected chi connectivity index (χ4v) is 3.33. The van der Waals surface area contributed by atoms with Gasteiger partial charge in [-0.1, -0.05) is 53.0 Å². The highest BCUT2D eigenvalue weighted by Gasteiger charge is 2.16. The van der Waals surface area contributed by atoms with Crippen molar-refractivity contribution < 1.29 is 0 Å². The summed E-state index contributed by atoms with van der Waals surface area (Å²) in [5.74, 6) is 0.458. The average Bonchev–Trinajstić information content (AvgIpc) is 2.85.